The summed E-state index contributed by atoms with van der Waals surface area (Å²) in [6, 6.07) is 10.2. The fourth-order valence-corrected chi connectivity index (χ4v) is 3.20. The van der Waals surface area contributed by atoms with Gasteiger partial charge < -0.3 is 5.32 Å². The Morgan fingerprint density at radius 1 is 1.25 bits per heavy atom. The van der Waals surface area contributed by atoms with Crippen molar-refractivity contribution in [1.82, 2.24) is 10.2 Å². The molecule has 0 radical (unpaired) electrons. The zero-order chi connectivity index (χ0) is 15.0. The number of benzene rings is 1. The minimum Gasteiger partial charge on any atom is -0.310 e. The van der Waals surface area contributed by atoms with Crippen LogP contribution < -0.4 is 5.32 Å². The van der Waals surface area contributed by atoms with Crippen LogP contribution in [0.15, 0.2) is 24.3 Å². The summed E-state index contributed by atoms with van der Waals surface area (Å²) < 4.78 is 0. The number of thioether (sulfide) groups is 1. The molecule has 1 unspecified atom stereocenters. The highest BCUT2D eigenvalue weighted by atomic mass is 32.2. The van der Waals surface area contributed by atoms with Gasteiger partial charge in [0.15, 0.2) is 0 Å². The van der Waals surface area contributed by atoms with Crippen LogP contribution in [0.25, 0.3) is 0 Å². The number of nitrogens with zero attached hydrogens (tertiary/aromatic N) is 1. The molecule has 1 N–H and O–H groups in total. The van der Waals surface area contributed by atoms with Crippen LogP contribution in [-0.2, 0) is 13.1 Å². The first kappa shape index (κ1) is 17.5. The molecule has 1 rings (SSSR count). The van der Waals surface area contributed by atoms with Crippen molar-refractivity contribution < 1.29 is 0 Å². The van der Waals surface area contributed by atoms with E-state index in [9.17, 15) is 0 Å². The first-order valence-electron chi connectivity index (χ1n) is 7.57. The molecule has 0 spiro atoms. The van der Waals surface area contributed by atoms with Gasteiger partial charge in [0.05, 0.1) is 0 Å². The van der Waals surface area contributed by atoms with Crippen molar-refractivity contribution in [3.63, 3.8) is 0 Å². The van der Waals surface area contributed by atoms with Gasteiger partial charge in [-0.25, -0.2) is 0 Å². The van der Waals surface area contributed by atoms with Gasteiger partial charge in [-0.2, -0.15) is 11.8 Å². The van der Waals surface area contributed by atoms with Crippen LogP contribution in [0.1, 0.15) is 38.3 Å². The topological polar surface area (TPSA) is 15.3 Å². The third kappa shape index (κ3) is 6.29. The fraction of sp³-hybridized carbons (Fsp3) is 0.647. The van der Waals surface area contributed by atoms with E-state index in [1.165, 1.54) is 23.3 Å². The molecule has 0 aliphatic heterocycles. The lowest BCUT2D eigenvalue weighted by atomic mass is 10.1. The number of hydrogen-bond acceptors (Lipinski definition) is 3. The molecule has 0 fully saturated rings. The van der Waals surface area contributed by atoms with Crippen molar-refractivity contribution in [1.29, 1.82) is 0 Å². The minimum absolute atomic E-state index is 0.535. The molecule has 0 saturated carbocycles. The maximum Gasteiger partial charge on any atom is 0.0234 e. The quantitative estimate of drug-likeness (QED) is 0.746. The second-order valence-corrected chi connectivity index (χ2v) is 6.70. The molecule has 0 saturated heterocycles. The van der Waals surface area contributed by atoms with Gasteiger partial charge in [0.1, 0.15) is 0 Å². The Bertz CT molecular complexity index is 379. The zero-order valence-corrected chi connectivity index (χ0v) is 14.5. The van der Waals surface area contributed by atoms with Crippen LogP contribution in [0.4, 0.5) is 0 Å². The summed E-state index contributed by atoms with van der Waals surface area (Å²) in [5, 5.41) is 3.48. The molecule has 0 aliphatic carbocycles. The van der Waals surface area contributed by atoms with E-state index in [1.54, 1.807) is 0 Å². The predicted molar refractivity (Wildman–Crippen MR) is 92.3 cm³/mol. The monoisotopic (exact) mass is 294 g/mol. The van der Waals surface area contributed by atoms with Crippen LogP contribution in [0.2, 0.25) is 0 Å². The Morgan fingerprint density at radius 3 is 2.55 bits per heavy atom. The highest BCUT2D eigenvalue weighted by Crippen LogP contribution is 2.13. The second-order valence-electron chi connectivity index (χ2n) is 5.79. The third-order valence-electron chi connectivity index (χ3n) is 3.59. The van der Waals surface area contributed by atoms with Gasteiger partial charge in [-0.15, -0.1) is 0 Å². The molecule has 0 aromatic heterocycles. The van der Waals surface area contributed by atoms with E-state index in [2.05, 4.69) is 68.6 Å². The van der Waals surface area contributed by atoms with Crippen molar-refractivity contribution in [3.8, 4) is 0 Å². The Morgan fingerprint density at radius 2 is 1.95 bits per heavy atom. The molecule has 20 heavy (non-hydrogen) atoms. The molecular formula is C17H30N2S. The van der Waals surface area contributed by atoms with E-state index in [0.717, 1.165) is 13.1 Å². The van der Waals surface area contributed by atoms with Crippen molar-refractivity contribution in [2.75, 3.05) is 19.1 Å². The Kier molecular flexibility index (Phi) is 8.27. The van der Waals surface area contributed by atoms with Gasteiger partial charge in [0.2, 0.25) is 0 Å². The van der Waals surface area contributed by atoms with Crippen molar-refractivity contribution >= 4 is 11.8 Å². The number of nitrogens with one attached hydrogen (secondary N) is 1. The molecule has 0 amide bonds. The van der Waals surface area contributed by atoms with Crippen LogP contribution >= 0.6 is 11.8 Å². The summed E-state index contributed by atoms with van der Waals surface area (Å²) in [4.78, 5) is 2.48. The van der Waals surface area contributed by atoms with Gasteiger partial charge in [-0.3, -0.25) is 4.90 Å². The van der Waals surface area contributed by atoms with Crippen molar-refractivity contribution in [2.45, 2.75) is 52.4 Å². The number of rotatable bonds is 9. The predicted octanol–water partition coefficient (Wildman–Crippen LogP) is 3.76. The Balaban J connectivity index is 2.60. The minimum atomic E-state index is 0.535. The maximum atomic E-state index is 3.48. The first-order valence-corrected chi connectivity index (χ1v) is 8.96. The summed E-state index contributed by atoms with van der Waals surface area (Å²) >= 11 is 1.94. The molecular weight excluding hydrogens is 264 g/mol. The van der Waals surface area contributed by atoms with Gasteiger partial charge in [0.25, 0.3) is 0 Å². The summed E-state index contributed by atoms with van der Waals surface area (Å²) in [7, 11) is 2.24. The SMILES string of the molecule is CCC(CSC)N(C)Cc1cccc(CNC(C)C)c1. The van der Waals surface area contributed by atoms with E-state index in [1.807, 2.05) is 11.8 Å². The molecule has 114 valence electrons. The average Bonchev–Trinajstić information content (AvgIpc) is 2.42. The lowest BCUT2D eigenvalue weighted by Gasteiger charge is -2.26. The van der Waals surface area contributed by atoms with Gasteiger partial charge in [0, 0.05) is 30.9 Å². The third-order valence-corrected chi connectivity index (χ3v) is 4.31. The normalized spacial score (nSPS) is 13.2. The fourth-order valence-electron chi connectivity index (χ4n) is 2.33. The zero-order valence-electron chi connectivity index (χ0n) is 13.6. The van der Waals surface area contributed by atoms with E-state index in [-0.39, 0.29) is 0 Å². The summed E-state index contributed by atoms with van der Waals surface area (Å²) in [6.07, 6.45) is 3.40. The Labute approximate surface area is 129 Å². The standard InChI is InChI=1S/C17H30N2S/c1-6-17(13-20-5)19(4)12-16-9-7-8-15(10-16)11-18-14(2)3/h7-10,14,17-18H,6,11-13H2,1-5H3. The highest BCUT2D eigenvalue weighted by Gasteiger charge is 2.12. The largest absolute Gasteiger partial charge is 0.310 e. The Hall–Kier alpha value is -0.510. The summed E-state index contributed by atoms with van der Waals surface area (Å²) in [5.74, 6) is 1.21. The smallest absolute Gasteiger partial charge is 0.0234 e. The summed E-state index contributed by atoms with van der Waals surface area (Å²) in [6.45, 7) is 8.64. The van der Waals surface area contributed by atoms with Gasteiger partial charge >= 0.3 is 0 Å². The van der Waals surface area contributed by atoms with Crippen LogP contribution in [0.3, 0.4) is 0 Å². The van der Waals surface area contributed by atoms with E-state index in [0.29, 0.717) is 12.1 Å². The average molecular weight is 295 g/mol. The maximum absolute atomic E-state index is 3.48. The second kappa shape index (κ2) is 9.43. The van der Waals surface area contributed by atoms with Crippen LogP contribution in [0.5, 0.6) is 0 Å². The lowest BCUT2D eigenvalue weighted by Crippen LogP contribution is -2.32. The van der Waals surface area contributed by atoms with Crippen molar-refractivity contribution in [3.05, 3.63) is 35.4 Å². The lowest BCUT2D eigenvalue weighted by molar-refractivity contribution is 0.248. The van der Waals surface area contributed by atoms with Gasteiger partial charge in [-0.05, 0) is 30.9 Å². The van der Waals surface area contributed by atoms with Crippen molar-refractivity contribution in [2.24, 2.45) is 0 Å². The van der Waals surface area contributed by atoms with Gasteiger partial charge in [-0.1, -0.05) is 45.0 Å². The van der Waals surface area contributed by atoms with Crippen LogP contribution in [0, 0.1) is 0 Å². The molecule has 1 atom stereocenters. The van der Waals surface area contributed by atoms with E-state index in [4.69, 9.17) is 0 Å². The van der Waals surface area contributed by atoms with Crippen LogP contribution in [-0.4, -0.2) is 36.0 Å². The molecule has 0 heterocycles. The number of hydrogen-bond donors (Lipinski definition) is 1. The molecule has 0 aliphatic rings. The van der Waals surface area contributed by atoms with E-state index >= 15 is 0 Å². The molecule has 3 heteroatoms. The molecule has 1 aromatic rings. The summed E-state index contributed by atoms with van der Waals surface area (Å²) in [5.41, 5.74) is 2.79. The highest BCUT2D eigenvalue weighted by molar-refractivity contribution is 7.98. The molecule has 0 bridgehead atoms. The van der Waals surface area contributed by atoms with E-state index < -0.39 is 0 Å². The molecule has 1 aromatic carbocycles. The first-order chi connectivity index (χ1) is 9.56. The molecule has 2 nitrogen and oxygen atoms in total.